The fraction of sp³-hybridized carbons (Fsp3) is 0.192. The van der Waals surface area contributed by atoms with Crippen LogP contribution in [-0.4, -0.2) is 29.1 Å². The highest BCUT2D eigenvalue weighted by atomic mass is 35.5. The molecule has 1 heterocycles. The van der Waals surface area contributed by atoms with Crippen LogP contribution in [0.3, 0.4) is 0 Å². The Morgan fingerprint density at radius 2 is 1.64 bits per heavy atom. The Morgan fingerprint density at radius 1 is 0.909 bits per heavy atom. The Morgan fingerprint density at radius 3 is 2.36 bits per heavy atom. The van der Waals surface area contributed by atoms with E-state index < -0.39 is 0 Å². The van der Waals surface area contributed by atoms with E-state index in [-0.39, 0.29) is 6.03 Å². The van der Waals surface area contributed by atoms with Crippen LogP contribution >= 0.6 is 11.6 Å². The van der Waals surface area contributed by atoms with Crippen LogP contribution in [-0.2, 0) is 0 Å². The number of carbonyl (C=O) groups excluding carboxylic acids is 1. The molecular weight excluding hydrogens is 434 g/mol. The molecule has 0 aliphatic rings. The molecule has 0 radical (unpaired) electrons. The van der Waals surface area contributed by atoms with Gasteiger partial charge in [0, 0.05) is 34.7 Å². The van der Waals surface area contributed by atoms with Gasteiger partial charge in [0.1, 0.15) is 5.82 Å². The molecule has 0 aliphatic carbocycles. The van der Waals surface area contributed by atoms with Crippen molar-refractivity contribution in [1.82, 2.24) is 15.3 Å². The minimum Gasteiger partial charge on any atom is -0.368 e. The van der Waals surface area contributed by atoms with E-state index in [0.717, 1.165) is 28.0 Å². The van der Waals surface area contributed by atoms with Crippen molar-refractivity contribution in [2.24, 2.45) is 0 Å². The highest BCUT2D eigenvalue weighted by Crippen LogP contribution is 2.25. The van der Waals surface area contributed by atoms with Crippen LogP contribution in [0.5, 0.6) is 0 Å². The fourth-order valence-corrected chi connectivity index (χ4v) is 3.55. The number of hydrogen-bond acceptors (Lipinski definition) is 4. The number of fused-ring (bicyclic) bond motifs is 1. The van der Waals surface area contributed by atoms with Gasteiger partial charge in [-0.05, 0) is 60.0 Å². The van der Waals surface area contributed by atoms with Crippen molar-refractivity contribution >= 4 is 40.0 Å². The van der Waals surface area contributed by atoms with Crippen LogP contribution in [0.25, 0.3) is 22.3 Å². The van der Waals surface area contributed by atoms with E-state index in [4.69, 9.17) is 16.6 Å². The molecule has 7 heteroatoms. The van der Waals surface area contributed by atoms with Gasteiger partial charge in [-0.2, -0.15) is 0 Å². The summed E-state index contributed by atoms with van der Waals surface area (Å²) in [5.74, 6) is 1.79. The van der Waals surface area contributed by atoms with Gasteiger partial charge in [-0.15, -0.1) is 0 Å². The minimum absolute atomic E-state index is 0.247. The summed E-state index contributed by atoms with van der Waals surface area (Å²) >= 11 is 6.01. The van der Waals surface area contributed by atoms with E-state index in [0.29, 0.717) is 29.9 Å². The highest BCUT2D eigenvalue weighted by Gasteiger charge is 2.09. The number of halogens is 1. The van der Waals surface area contributed by atoms with E-state index in [1.807, 2.05) is 72.8 Å². The zero-order valence-corrected chi connectivity index (χ0v) is 19.4. The predicted molar refractivity (Wildman–Crippen MR) is 136 cm³/mol. The second kappa shape index (κ2) is 10.3. The summed E-state index contributed by atoms with van der Waals surface area (Å²) < 4.78 is 0. The largest absolute Gasteiger partial charge is 0.368 e. The van der Waals surface area contributed by atoms with E-state index in [1.165, 1.54) is 5.56 Å². The van der Waals surface area contributed by atoms with Gasteiger partial charge < -0.3 is 16.0 Å². The third-order valence-corrected chi connectivity index (χ3v) is 5.50. The van der Waals surface area contributed by atoms with Crippen molar-refractivity contribution in [2.45, 2.75) is 19.8 Å². The van der Waals surface area contributed by atoms with E-state index in [9.17, 15) is 4.79 Å². The molecule has 2 amide bonds. The van der Waals surface area contributed by atoms with Crippen molar-refractivity contribution in [2.75, 3.05) is 23.7 Å². The average Bonchev–Trinajstić information content (AvgIpc) is 2.82. The van der Waals surface area contributed by atoms with Gasteiger partial charge in [0.2, 0.25) is 0 Å². The summed E-state index contributed by atoms with van der Waals surface area (Å²) in [6, 6.07) is 22.9. The average molecular weight is 460 g/mol. The first-order valence-corrected chi connectivity index (χ1v) is 11.3. The van der Waals surface area contributed by atoms with Crippen LogP contribution < -0.4 is 16.0 Å². The fourth-order valence-electron chi connectivity index (χ4n) is 3.42. The molecule has 3 aromatic carbocycles. The molecule has 0 fully saturated rings. The van der Waals surface area contributed by atoms with Gasteiger partial charge in [0.25, 0.3) is 0 Å². The maximum absolute atomic E-state index is 12.2. The molecular formula is C26H26ClN5O. The molecule has 33 heavy (non-hydrogen) atoms. The highest BCUT2D eigenvalue weighted by molar-refractivity contribution is 6.30. The smallest absolute Gasteiger partial charge is 0.319 e. The van der Waals surface area contributed by atoms with Gasteiger partial charge in [0.15, 0.2) is 5.82 Å². The third-order valence-electron chi connectivity index (χ3n) is 5.24. The molecule has 3 N–H and O–H groups in total. The molecule has 0 bridgehead atoms. The van der Waals surface area contributed by atoms with E-state index in [2.05, 4.69) is 34.8 Å². The number of benzene rings is 3. The second-order valence-corrected chi connectivity index (χ2v) is 8.44. The number of nitrogens with one attached hydrogen (secondary N) is 3. The van der Waals surface area contributed by atoms with Crippen LogP contribution in [0, 0.1) is 0 Å². The Kier molecular flexibility index (Phi) is 7.05. The second-order valence-electron chi connectivity index (χ2n) is 8.00. The Hall–Kier alpha value is -3.64. The van der Waals surface area contributed by atoms with Crippen molar-refractivity contribution in [1.29, 1.82) is 0 Å². The number of hydrogen-bond donors (Lipinski definition) is 3. The van der Waals surface area contributed by atoms with Gasteiger partial charge in [-0.1, -0.05) is 49.7 Å². The summed E-state index contributed by atoms with van der Waals surface area (Å²) in [7, 11) is 0. The Bertz CT molecular complexity index is 1240. The third kappa shape index (κ3) is 5.79. The number of para-hydroxylation sites is 1. The zero-order chi connectivity index (χ0) is 23.2. The number of rotatable bonds is 7. The summed E-state index contributed by atoms with van der Waals surface area (Å²) in [5, 5.41) is 10.6. The number of carbonyl (C=O) groups is 1. The molecule has 4 rings (SSSR count). The first-order chi connectivity index (χ1) is 16.0. The van der Waals surface area contributed by atoms with E-state index in [1.54, 1.807) is 0 Å². The van der Waals surface area contributed by atoms with Gasteiger partial charge in [-0.25, -0.2) is 14.8 Å². The number of urea groups is 1. The van der Waals surface area contributed by atoms with Gasteiger partial charge >= 0.3 is 6.03 Å². The SMILES string of the molecule is CC(C)c1ccc(NC(=O)NCCNc2nc(-c3ccc(Cl)cc3)nc3ccccc23)cc1. The number of nitrogens with zero attached hydrogens (tertiary/aromatic N) is 2. The summed E-state index contributed by atoms with van der Waals surface area (Å²) in [4.78, 5) is 21.6. The molecule has 0 aliphatic heterocycles. The zero-order valence-electron chi connectivity index (χ0n) is 18.6. The molecule has 0 spiro atoms. The molecule has 1 aromatic heterocycles. The monoisotopic (exact) mass is 459 g/mol. The lowest BCUT2D eigenvalue weighted by molar-refractivity contribution is 0.252. The number of aromatic nitrogens is 2. The lowest BCUT2D eigenvalue weighted by Crippen LogP contribution is -2.32. The van der Waals surface area contributed by atoms with Crippen molar-refractivity contribution in [3.8, 4) is 11.4 Å². The minimum atomic E-state index is -0.247. The summed E-state index contributed by atoms with van der Waals surface area (Å²) in [6.07, 6.45) is 0. The molecule has 0 atom stereocenters. The number of amides is 2. The summed E-state index contributed by atoms with van der Waals surface area (Å²) in [6.45, 7) is 5.23. The molecule has 4 aromatic rings. The van der Waals surface area contributed by atoms with Crippen molar-refractivity contribution < 1.29 is 4.79 Å². The van der Waals surface area contributed by atoms with Crippen LogP contribution in [0.2, 0.25) is 5.02 Å². The lowest BCUT2D eigenvalue weighted by atomic mass is 10.0. The maximum Gasteiger partial charge on any atom is 0.319 e. The molecule has 6 nitrogen and oxygen atoms in total. The lowest BCUT2D eigenvalue weighted by Gasteiger charge is -2.12. The first-order valence-electron chi connectivity index (χ1n) is 10.9. The molecule has 0 unspecified atom stereocenters. The Balaban J connectivity index is 1.38. The molecule has 0 saturated heterocycles. The van der Waals surface area contributed by atoms with Crippen LogP contribution in [0.1, 0.15) is 25.3 Å². The van der Waals surface area contributed by atoms with Gasteiger partial charge in [-0.3, -0.25) is 0 Å². The van der Waals surface area contributed by atoms with Gasteiger partial charge in [0.05, 0.1) is 5.52 Å². The number of anilines is 2. The quantitative estimate of drug-likeness (QED) is 0.283. The normalized spacial score (nSPS) is 10.9. The van der Waals surface area contributed by atoms with Crippen molar-refractivity contribution in [3.63, 3.8) is 0 Å². The topological polar surface area (TPSA) is 78.9 Å². The van der Waals surface area contributed by atoms with Crippen molar-refractivity contribution in [3.05, 3.63) is 83.4 Å². The van der Waals surface area contributed by atoms with Crippen LogP contribution in [0.4, 0.5) is 16.3 Å². The first kappa shape index (κ1) is 22.6. The van der Waals surface area contributed by atoms with E-state index >= 15 is 0 Å². The predicted octanol–water partition coefficient (Wildman–Crippen LogP) is 6.31. The standard InChI is InChI=1S/C26H26ClN5O/c1-17(2)18-9-13-21(14-10-18)30-26(33)29-16-15-28-25-22-5-3-4-6-23(22)31-24(32-25)19-7-11-20(27)12-8-19/h3-14,17H,15-16H2,1-2H3,(H,28,31,32)(H2,29,30,33). The summed E-state index contributed by atoms with van der Waals surface area (Å²) in [5.41, 5.74) is 3.73. The molecule has 0 saturated carbocycles. The van der Waals surface area contributed by atoms with Crippen LogP contribution in [0.15, 0.2) is 72.8 Å². The molecule has 168 valence electrons. The Labute approximate surface area is 198 Å². The maximum atomic E-state index is 12.2.